The fraction of sp³-hybridized carbons (Fsp3) is 0.516. The number of hydrogen-bond acceptors (Lipinski definition) is 5. The Morgan fingerprint density at radius 3 is 2.47 bits per heavy atom. The van der Waals surface area contributed by atoms with Gasteiger partial charge in [-0.15, -0.1) is 0 Å². The molecule has 2 heterocycles. The molecule has 1 aliphatic carbocycles. The number of hydrogen-bond donors (Lipinski definition) is 1. The van der Waals surface area contributed by atoms with Crippen LogP contribution in [0.25, 0.3) is 16.6 Å². The van der Waals surface area contributed by atoms with E-state index in [0.717, 1.165) is 43.5 Å². The van der Waals surface area contributed by atoms with Crippen molar-refractivity contribution in [2.45, 2.75) is 77.4 Å². The van der Waals surface area contributed by atoms with Crippen LogP contribution in [0.15, 0.2) is 53.3 Å². The van der Waals surface area contributed by atoms with Crippen molar-refractivity contribution < 1.29 is 9.53 Å². The number of benzene rings is 2. The number of likely N-dealkylation sites (tertiary alicyclic amines) is 1. The highest BCUT2D eigenvalue weighted by atomic mass is 16.6. The molecule has 1 aliphatic heterocycles. The minimum Gasteiger partial charge on any atom is -0.444 e. The monoisotopic (exact) mass is 516 g/mol. The molecule has 2 aliphatic rings. The number of amides is 1. The number of nitrogens with one attached hydrogen (secondary N) is 1. The molecule has 0 spiro atoms. The van der Waals surface area contributed by atoms with Crippen molar-refractivity contribution in [1.29, 1.82) is 0 Å². The van der Waals surface area contributed by atoms with Crippen molar-refractivity contribution in [2.75, 3.05) is 19.6 Å². The lowest BCUT2D eigenvalue weighted by molar-refractivity contribution is 0.0493. The number of aromatic nitrogens is 2. The van der Waals surface area contributed by atoms with Crippen LogP contribution in [0.2, 0.25) is 0 Å². The molecule has 2 fully saturated rings. The molecule has 0 unspecified atom stereocenters. The second-order valence-electron chi connectivity index (χ2n) is 11.7. The molecule has 1 amide bonds. The number of aryl methyl sites for hydroxylation is 1. The molecule has 1 saturated carbocycles. The van der Waals surface area contributed by atoms with Crippen LogP contribution in [-0.2, 0) is 11.2 Å². The van der Waals surface area contributed by atoms with Gasteiger partial charge < -0.3 is 15.0 Å². The highest BCUT2D eigenvalue weighted by Gasteiger charge is 2.38. The maximum atomic E-state index is 14.3. The van der Waals surface area contributed by atoms with E-state index in [2.05, 4.69) is 16.3 Å². The van der Waals surface area contributed by atoms with Crippen LogP contribution < -0.4 is 10.9 Å². The first kappa shape index (κ1) is 26.4. The molecular formula is C31H40N4O3. The highest BCUT2D eigenvalue weighted by molar-refractivity contribution is 5.82. The van der Waals surface area contributed by atoms with Crippen molar-refractivity contribution in [1.82, 2.24) is 19.8 Å². The molecule has 0 bridgehead atoms. The summed E-state index contributed by atoms with van der Waals surface area (Å²) in [5.41, 5.74) is 1.78. The zero-order chi connectivity index (χ0) is 26.7. The van der Waals surface area contributed by atoms with E-state index in [-0.39, 0.29) is 11.5 Å². The largest absolute Gasteiger partial charge is 0.444 e. The molecule has 7 heteroatoms. The van der Waals surface area contributed by atoms with E-state index in [0.29, 0.717) is 16.7 Å². The van der Waals surface area contributed by atoms with Gasteiger partial charge >= 0.3 is 6.09 Å². The Morgan fingerprint density at radius 1 is 1.05 bits per heavy atom. The zero-order valence-corrected chi connectivity index (χ0v) is 22.9. The van der Waals surface area contributed by atoms with Gasteiger partial charge in [-0.3, -0.25) is 9.36 Å². The summed E-state index contributed by atoms with van der Waals surface area (Å²) in [7, 11) is 0. The van der Waals surface area contributed by atoms with E-state index in [1.165, 1.54) is 32.4 Å². The Morgan fingerprint density at radius 2 is 1.79 bits per heavy atom. The van der Waals surface area contributed by atoms with Gasteiger partial charge in [0.2, 0.25) is 0 Å². The van der Waals surface area contributed by atoms with Gasteiger partial charge in [0.25, 0.3) is 5.56 Å². The molecule has 2 aromatic carbocycles. The fourth-order valence-corrected chi connectivity index (χ4v) is 5.49. The molecule has 1 saturated heterocycles. The summed E-state index contributed by atoms with van der Waals surface area (Å²) in [6.45, 7) is 8.94. The topological polar surface area (TPSA) is 76.5 Å². The molecule has 7 nitrogen and oxygen atoms in total. The summed E-state index contributed by atoms with van der Waals surface area (Å²) in [6, 6.07) is 15.2. The Balaban J connectivity index is 1.53. The van der Waals surface area contributed by atoms with E-state index in [1.807, 2.05) is 63.2 Å². The summed E-state index contributed by atoms with van der Waals surface area (Å²) in [6.07, 6.45) is 7.19. The first-order valence-corrected chi connectivity index (χ1v) is 14.1. The number of rotatable bonds is 8. The second kappa shape index (κ2) is 11.3. The van der Waals surface area contributed by atoms with E-state index < -0.39 is 17.7 Å². The van der Waals surface area contributed by atoms with Crippen LogP contribution in [0.4, 0.5) is 4.79 Å². The van der Waals surface area contributed by atoms with Crippen molar-refractivity contribution in [2.24, 2.45) is 5.92 Å². The maximum Gasteiger partial charge on any atom is 0.408 e. The zero-order valence-electron chi connectivity index (χ0n) is 22.9. The summed E-state index contributed by atoms with van der Waals surface area (Å²) in [5.74, 6) is 0.780. The minimum atomic E-state index is -0.614. The third kappa shape index (κ3) is 6.26. The number of carbonyl (C=O) groups excluding carboxylic acids is 1. The Bertz CT molecular complexity index is 1320. The van der Waals surface area contributed by atoms with Gasteiger partial charge in [0.05, 0.1) is 22.6 Å². The molecular weight excluding hydrogens is 476 g/mol. The first-order chi connectivity index (χ1) is 18.3. The van der Waals surface area contributed by atoms with E-state index in [4.69, 9.17) is 9.72 Å². The smallest absolute Gasteiger partial charge is 0.408 e. The van der Waals surface area contributed by atoms with Crippen LogP contribution in [0.3, 0.4) is 0 Å². The lowest BCUT2D eigenvalue weighted by Gasteiger charge is -2.26. The summed E-state index contributed by atoms with van der Waals surface area (Å²) >= 11 is 0. The van der Waals surface area contributed by atoms with E-state index in [1.54, 1.807) is 4.57 Å². The van der Waals surface area contributed by atoms with Gasteiger partial charge in [0.1, 0.15) is 11.4 Å². The summed E-state index contributed by atoms with van der Waals surface area (Å²) < 4.78 is 7.28. The molecule has 1 N–H and O–H groups in total. The fourth-order valence-electron chi connectivity index (χ4n) is 5.49. The van der Waals surface area contributed by atoms with Crippen LogP contribution in [0.1, 0.15) is 76.7 Å². The average molecular weight is 517 g/mol. The predicted octanol–water partition coefficient (Wildman–Crippen LogP) is 5.78. The molecule has 1 aromatic heterocycles. The number of nitrogens with zero attached hydrogens (tertiary/aromatic N) is 3. The Kier molecular flexibility index (Phi) is 7.84. The molecule has 5 rings (SSSR count). The average Bonchev–Trinajstić information content (AvgIpc) is 3.73. The third-order valence-corrected chi connectivity index (χ3v) is 7.44. The number of alkyl carbamates (subject to hydrolysis) is 1. The molecule has 202 valence electrons. The number of para-hydroxylation sites is 1. The second-order valence-corrected chi connectivity index (χ2v) is 11.7. The normalized spacial score (nSPS) is 17.3. The quantitative estimate of drug-likeness (QED) is 0.411. The first-order valence-electron chi connectivity index (χ1n) is 14.1. The number of carbonyl (C=O) groups is 1. The van der Waals surface area contributed by atoms with Gasteiger partial charge in [-0.2, -0.15) is 0 Å². The molecule has 0 radical (unpaired) electrons. The third-order valence-electron chi connectivity index (χ3n) is 7.44. The van der Waals surface area contributed by atoms with Crippen molar-refractivity contribution in [3.05, 3.63) is 70.3 Å². The van der Waals surface area contributed by atoms with Crippen molar-refractivity contribution in [3.8, 4) is 5.69 Å². The Hall–Kier alpha value is -3.19. The highest BCUT2D eigenvalue weighted by Crippen LogP contribution is 2.41. The van der Waals surface area contributed by atoms with Crippen molar-refractivity contribution >= 4 is 17.0 Å². The number of ether oxygens (including phenoxy) is 1. The Labute approximate surface area is 225 Å². The SMILES string of the molecule is CC(C)(C)OC(=O)N[C@H](c1nc2cccc(CCCN3CCCCC3)c2c(=O)n1-c1ccccc1)C1CC1. The van der Waals surface area contributed by atoms with Crippen LogP contribution >= 0.6 is 0 Å². The van der Waals surface area contributed by atoms with Crippen LogP contribution in [0, 0.1) is 5.92 Å². The van der Waals surface area contributed by atoms with Gasteiger partial charge in [-0.05, 0) is 109 Å². The molecule has 1 atom stereocenters. The van der Waals surface area contributed by atoms with Crippen LogP contribution in [-0.4, -0.2) is 45.8 Å². The van der Waals surface area contributed by atoms with E-state index >= 15 is 0 Å². The lowest BCUT2D eigenvalue weighted by Crippen LogP contribution is -2.39. The van der Waals surface area contributed by atoms with Crippen LogP contribution in [0.5, 0.6) is 0 Å². The van der Waals surface area contributed by atoms with Gasteiger partial charge in [-0.1, -0.05) is 36.8 Å². The van der Waals surface area contributed by atoms with Gasteiger partial charge in [0.15, 0.2) is 0 Å². The standard InChI is InChI=1S/C31H40N4O3/c1-31(2,3)38-30(37)33-27(23-17-18-23)28-32-25-16-10-12-22(13-11-21-34-19-8-5-9-20-34)26(25)29(36)35(28)24-14-6-4-7-15-24/h4,6-7,10,12,14-16,23,27H,5,8-9,11,13,17-21H2,1-3H3,(H,33,37)/t27-/m0/s1. The molecule has 3 aromatic rings. The molecule has 38 heavy (non-hydrogen) atoms. The van der Waals surface area contributed by atoms with Crippen molar-refractivity contribution in [3.63, 3.8) is 0 Å². The van der Waals surface area contributed by atoms with Gasteiger partial charge in [-0.25, -0.2) is 9.78 Å². The minimum absolute atomic E-state index is 0.0820. The number of piperidine rings is 1. The lowest BCUT2D eigenvalue weighted by atomic mass is 10.0. The maximum absolute atomic E-state index is 14.3. The summed E-state index contributed by atoms with van der Waals surface area (Å²) in [4.78, 5) is 34.7. The van der Waals surface area contributed by atoms with E-state index in [9.17, 15) is 9.59 Å². The summed E-state index contributed by atoms with van der Waals surface area (Å²) in [5, 5.41) is 3.72. The van der Waals surface area contributed by atoms with Gasteiger partial charge in [0, 0.05) is 0 Å². The number of fused-ring (bicyclic) bond motifs is 1. The predicted molar refractivity (Wildman–Crippen MR) is 151 cm³/mol.